The molecular weight excluding hydrogens is 290 g/mol. The van der Waals surface area contributed by atoms with Gasteiger partial charge in [0.25, 0.3) is 5.91 Å². The molecule has 0 aliphatic heterocycles. The fourth-order valence-corrected chi connectivity index (χ4v) is 2.39. The first-order valence-corrected chi connectivity index (χ1v) is 7.69. The summed E-state index contributed by atoms with van der Waals surface area (Å²) in [6.45, 7) is 3.57. The van der Waals surface area contributed by atoms with E-state index in [1.54, 1.807) is 18.1 Å². The molecular formula is C19H23NO3. The third-order valence-electron chi connectivity index (χ3n) is 3.60. The van der Waals surface area contributed by atoms with E-state index in [1.807, 2.05) is 56.4 Å². The van der Waals surface area contributed by atoms with Crippen LogP contribution in [0.15, 0.2) is 48.5 Å². The van der Waals surface area contributed by atoms with Crippen LogP contribution in [0.25, 0.3) is 0 Å². The molecule has 0 aliphatic rings. The van der Waals surface area contributed by atoms with E-state index in [1.165, 1.54) is 0 Å². The average Bonchev–Trinajstić information content (AvgIpc) is 2.59. The topological polar surface area (TPSA) is 38.8 Å². The van der Waals surface area contributed by atoms with Crippen molar-refractivity contribution < 1.29 is 14.3 Å². The molecule has 0 unspecified atom stereocenters. The van der Waals surface area contributed by atoms with Crippen molar-refractivity contribution in [2.45, 2.75) is 20.1 Å². The summed E-state index contributed by atoms with van der Waals surface area (Å²) in [5, 5.41) is 0. The molecule has 0 N–H and O–H groups in total. The van der Waals surface area contributed by atoms with Gasteiger partial charge in [-0.25, -0.2) is 0 Å². The van der Waals surface area contributed by atoms with Crippen LogP contribution in [-0.4, -0.2) is 31.6 Å². The molecule has 2 rings (SSSR count). The van der Waals surface area contributed by atoms with Crippen molar-refractivity contribution in [3.05, 3.63) is 65.2 Å². The molecule has 2 aromatic carbocycles. The molecule has 0 spiro atoms. The largest absolute Gasteiger partial charge is 0.496 e. The Balaban J connectivity index is 2.14. The van der Waals surface area contributed by atoms with Gasteiger partial charge in [0.05, 0.1) is 13.7 Å². The van der Waals surface area contributed by atoms with Gasteiger partial charge in [0, 0.05) is 31.3 Å². The molecule has 2 aromatic rings. The van der Waals surface area contributed by atoms with Crippen LogP contribution in [0.4, 0.5) is 0 Å². The normalized spacial score (nSPS) is 10.4. The first-order valence-electron chi connectivity index (χ1n) is 7.69. The lowest BCUT2D eigenvalue weighted by Gasteiger charge is -2.18. The van der Waals surface area contributed by atoms with Crippen molar-refractivity contribution in [3.63, 3.8) is 0 Å². The highest BCUT2D eigenvalue weighted by Crippen LogP contribution is 2.22. The number of amides is 1. The monoisotopic (exact) mass is 313 g/mol. The van der Waals surface area contributed by atoms with Crippen molar-refractivity contribution in [2.75, 3.05) is 20.8 Å². The van der Waals surface area contributed by atoms with Gasteiger partial charge in [-0.15, -0.1) is 0 Å². The Hall–Kier alpha value is -2.33. The third kappa shape index (κ3) is 4.57. The summed E-state index contributed by atoms with van der Waals surface area (Å²) in [5.74, 6) is 0.718. The molecule has 0 aliphatic carbocycles. The Morgan fingerprint density at radius 1 is 1.13 bits per heavy atom. The Labute approximate surface area is 137 Å². The maximum Gasteiger partial charge on any atom is 0.253 e. The van der Waals surface area contributed by atoms with E-state index < -0.39 is 0 Å². The van der Waals surface area contributed by atoms with Crippen LogP contribution < -0.4 is 4.74 Å². The molecule has 0 saturated heterocycles. The minimum atomic E-state index is -0.0192. The Morgan fingerprint density at radius 2 is 1.87 bits per heavy atom. The average molecular weight is 313 g/mol. The third-order valence-corrected chi connectivity index (χ3v) is 3.60. The summed E-state index contributed by atoms with van der Waals surface area (Å²) >= 11 is 0. The van der Waals surface area contributed by atoms with E-state index in [0.717, 1.165) is 16.9 Å². The van der Waals surface area contributed by atoms with Crippen LogP contribution in [-0.2, 0) is 17.9 Å². The van der Waals surface area contributed by atoms with E-state index in [4.69, 9.17) is 9.47 Å². The second-order valence-electron chi connectivity index (χ2n) is 5.31. The Morgan fingerprint density at radius 3 is 2.52 bits per heavy atom. The molecule has 4 nitrogen and oxygen atoms in total. The summed E-state index contributed by atoms with van der Waals surface area (Å²) < 4.78 is 10.8. The lowest BCUT2D eigenvalue weighted by atomic mass is 10.1. The van der Waals surface area contributed by atoms with Gasteiger partial charge in [0.1, 0.15) is 5.75 Å². The van der Waals surface area contributed by atoms with Gasteiger partial charge in [-0.1, -0.05) is 30.3 Å². The second kappa shape index (κ2) is 8.34. The van der Waals surface area contributed by atoms with Gasteiger partial charge in [-0.2, -0.15) is 0 Å². The van der Waals surface area contributed by atoms with Gasteiger partial charge in [-0.3, -0.25) is 4.79 Å². The highest BCUT2D eigenvalue weighted by atomic mass is 16.5. The maximum atomic E-state index is 12.6. The van der Waals surface area contributed by atoms with E-state index in [2.05, 4.69) is 0 Å². The highest BCUT2D eigenvalue weighted by Gasteiger charge is 2.14. The van der Waals surface area contributed by atoms with Gasteiger partial charge >= 0.3 is 0 Å². The molecule has 0 radical (unpaired) electrons. The quantitative estimate of drug-likeness (QED) is 0.785. The SMILES string of the molecule is CCOCc1cc(C(=O)N(C)Cc2ccccc2)ccc1OC. The number of hydrogen-bond acceptors (Lipinski definition) is 3. The first kappa shape index (κ1) is 17.0. The summed E-state index contributed by atoms with van der Waals surface area (Å²) in [4.78, 5) is 14.3. The molecule has 0 atom stereocenters. The van der Waals surface area contributed by atoms with E-state index in [0.29, 0.717) is 25.3 Å². The summed E-state index contributed by atoms with van der Waals surface area (Å²) in [6.07, 6.45) is 0. The van der Waals surface area contributed by atoms with Crippen molar-refractivity contribution in [2.24, 2.45) is 0 Å². The lowest BCUT2D eigenvalue weighted by molar-refractivity contribution is 0.0784. The van der Waals surface area contributed by atoms with Crippen LogP contribution in [0, 0.1) is 0 Å². The van der Waals surface area contributed by atoms with Gasteiger partial charge in [-0.05, 0) is 30.7 Å². The van der Waals surface area contributed by atoms with Crippen LogP contribution >= 0.6 is 0 Å². The van der Waals surface area contributed by atoms with Gasteiger partial charge < -0.3 is 14.4 Å². The van der Waals surface area contributed by atoms with Crippen molar-refractivity contribution in [3.8, 4) is 5.75 Å². The number of methoxy groups -OCH3 is 1. The lowest BCUT2D eigenvalue weighted by Crippen LogP contribution is -2.26. The smallest absolute Gasteiger partial charge is 0.253 e. The van der Waals surface area contributed by atoms with Crippen LogP contribution in [0.3, 0.4) is 0 Å². The summed E-state index contributed by atoms with van der Waals surface area (Å²) in [7, 11) is 3.43. The number of hydrogen-bond donors (Lipinski definition) is 0. The Bertz CT molecular complexity index is 640. The number of ether oxygens (including phenoxy) is 2. The number of carbonyl (C=O) groups is 1. The summed E-state index contributed by atoms with van der Waals surface area (Å²) in [6, 6.07) is 15.4. The van der Waals surface area contributed by atoms with Crippen molar-refractivity contribution in [1.82, 2.24) is 4.90 Å². The fourth-order valence-electron chi connectivity index (χ4n) is 2.39. The molecule has 23 heavy (non-hydrogen) atoms. The summed E-state index contributed by atoms with van der Waals surface area (Å²) in [5.41, 5.74) is 2.62. The standard InChI is InChI=1S/C19H23NO3/c1-4-23-14-17-12-16(10-11-18(17)22-3)19(21)20(2)13-15-8-6-5-7-9-15/h5-12H,4,13-14H2,1-3H3. The zero-order chi connectivity index (χ0) is 16.7. The zero-order valence-electron chi connectivity index (χ0n) is 13.9. The molecule has 0 fully saturated rings. The molecule has 4 heteroatoms. The Kier molecular flexibility index (Phi) is 6.18. The molecule has 0 bridgehead atoms. The van der Waals surface area contributed by atoms with Gasteiger partial charge in [0.15, 0.2) is 0 Å². The highest BCUT2D eigenvalue weighted by molar-refractivity contribution is 5.94. The predicted molar refractivity (Wildman–Crippen MR) is 90.6 cm³/mol. The van der Waals surface area contributed by atoms with Gasteiger partial charge in [0.2, 0.25) is 0 Å². The second-order valence-corrected chi connectivity index (χ2v) is 5.31. The number of carbonyl (C=O) groups excluding carboxylic acids is 1. The maximum absolute atomic E-state index is 12.6. The molecule has 1 amide bonds. The minimum Gasteiger partial charge on any atom is -0.496 e. The fraction of sp³-hybridized carbons (Fsp3) is 0.316. The minimum absolute atomic E-state index is 0.0192. The molecule has 0 heterocycles. The number of nitrogens with zero attached hydrogens (tertiary/aromatic N) is 1. The number of rotatable bonds is 7. The number of benzene rings is 2. The van der Waals surface area contributed by atoms with E-state index in [9.17, 15) is 4.79 Å². The van der Waals surface area contributed by atoms with E-state index >= 15 is 0 Å². The zero-order valence-corrected chi connectivity index (χ0v) is 13.9. The predicted octanol–water partition coefficient (Wildman–Crippen LogP) is 3.50. The first-order chi connectivity index (χ1) is 11.2. The van der Waals surface area contributed by atoms with Crippen molar-refractivity contribution in [1.29, 1.82) is 0 Å². The van der Waals surface area contributed by atoms with Crippen LogP contribution in [0.5, 0.6) is 5.75 Å². The van der Waals surface area contributed by atoms with Crippen LogP contribution in [0.2, 0.25) is 0 Å². The van der Waals surface area contributed by atoms with Crippen LogP contribution in [0.1, 0.15) is 28.4 Å². The molecule has 0 aromatic heterocycles. The molecule has 122 valence electrons. The molecule has 0 saturated carbocycles. The van der Waals surface area contributed by atoms with Crippen molar-refractivity contribution >= 4 is 5.91 Å². The van der Waals surface area contributed by atoms with E-state index in [-0.39, 0.29) is 5.91 Å².